The first-order valence-corrected chi connectivity index (χ1v) is 10.8. The van der Waals surface area contributed by atoms with Gasteiger partial charge in [0.2, 0.25) is 5.91 Å². The van der Waals surface area contributed by atoms with Crippen molar-refractivity contribution in [1.82, 2.24) is 15.1 Å². The number of nitrogens with one attached hydrogen (secondary N) is 1. The lowest BCUT2D eigenvalue weighted by atomic mass is 10.0. The zero-order valence-corrected chi connectivity index (χ0v) is 19.2. The lowest BCUT2D eigenvalue weighted by Crippen LogP contribution is -2.40. The van der Waals surface area contributed by atoms with Crippen LogP contribution in [0.2, 0.25) is 0 Å². The Morgan fingerprint density at radius 3 is 2.54 bits per heavy atom. The predicted molar refractivity (Wildman–Crippen MR) is 134 cm³/mol. The molecule has 4 rings (SSSR count). The van der Waals surface area contributed by atoms with Gasteiger partial charge in [-0.15, -0.1) is 0 Å². The minimum absolute atomic E-state index is 0. The third kappa shape index (κ3) is 5.96. The first-order valence-electron chi connectivity index (χ1n) is 10.8. The second kappa shape index (κ2) is 11.5. The first kappa shape index (κ1) is 25.7. The molecule has 184 valence electrons. The molecule has 0 aliphatic heterocycles. The Balaban J connectivity index is 0.00000342. The Bertz CT molecular complexity index is 1270. The largest absolute Gasteiger partial charge is 0.497 e. The summed E-state index contributed by atoms with van der Waals surface area (Å²) in [5.74, 6) is 0.776. The van der Waals surface area contributed by atoms with Gasteiger partial charge >= 0.3 is 0 Å². The number of ether oxygens (including phenoxy) is 3. The van der Waals surface area contributed by atoms with Gasteiger partial charge in [-0.1, -0.05) is 19.6 Å². The lowest BCUT2D eigenvalue weighted by molar-refractivity contribution is -0.126. The van der Waals surface area contributed by atoms with Crippen LogP contribution in [0.1, 0.15) is 26.0 Å². The molecule has 0 bridgehead atoms. The number of carbonyl (C=O) groups is 1. The highest BCUT2D eigenvalue weighted by atomic mass is 19.1. The molecular weight excluding hydrogens is 449 g/mol. The number of halogens is 1. The van der Waals surface area contributed by atoms with Gasteiger partial charge in [0, 0.05) is 12.5 Å². The number of nitrogens with zero attached hydrogens (tertiary/aromatic N) is 2. The van der Waals surface area contributed by atoms with Gasteiger partial charge in [0.1, 0.15) is 30.0 Å². The van der Waals surface area contributed by atoms with E-state index in [1.54, 1.807) is 30.1 Å². The van der Waals surface area contributed by atoms with Gasteiger partial charge < -0.3 is 19.5 Å². The Labute approximate surface area is 204 Å². The van der Waals surface area contributed by atoms with Crippen LogP contribution >= 0.6 is 0 Å². The van der Waals surface area contributed by atoms with Gasteiger partial charge in [-0.2, -0.15) is 5.10 Å². The molecule has 0 aliphatic rings. The van der Waals surface area contributed by atoms with Gasteiger partial charge in [0.05, 0.1) is 30.6 Å². The van der Waals surface area contributed by atoms with E-state index in [1.165, 1.54) is 19.2 Å². The van der Waals surface area contributed by atoms with E-state index in [1.807, 2.05) is 49.4 Å². The highest BCUT2D eigenvalue weighted by molar-refractivity contribution is 5.82. The van der Waals surface area contributed by atoms with Gasteiger partial charge in [-0.3, -0.25) is 4.79 Å². The molecule has 0 spiro atoms. The number of carbonyl (C=O) groups excluding carboxylic acids is 1. The Kier molecular flexibility index (Phi) is 8.43. The van der Waals surface area contributed by atoms with E-state index in [0.717, 1.165) is 22.2 Å². The Hall–Kier alpha value is -3.91. The van der Waals surface area contributed by atoms with E-state index in [0.29, 0.717) is 11.5 Å². The number of benzene rings is 3. The summed E-state index contributed by atoms with van der Waals surface area (Å²) in [6.45, 7) is 1.84. The quantitative estimate of drug-likeness (QED) is 0.362. The van der Waals surface area contributed by atoms with Gasteiger partial charge in [0.25, 0.3) is 0 Å². The van der Waals surface area contributed by atoms with Gasteiger partial charge in [-0.05, 0) is 67.1 Å². The minimum atomic E-state index is -0.486. The summed E-state index contributed by atoms with van der Waals surface area (Å²) in [5, 5.41) is 8.23. The van der Waals surface area contributed by atoms with Crippen molar-refractivity contribution in [3.05, 3.63) is 84.3 Å². The van der Waals surface area contributed by atoms with Crippen molar-refractivity contribution in [1.29, 1.82) is 0 Å². The Morgan fingerprint density at radius 1 is 1.06 bits per heavy atom. The third-order valence-corrected chi connectivity index (χ3v) is 5.41. The molecule has 3 aromatic carbocycles. The fraction of sp³-hybridized carbons (Fsp3) is 0.259. The summed E-state index contributed by atoms with van der Waals surface area (Å²) in [6.07, 6.45) is 1.25. The molecule has 7 nitrogen and oxygen atoms in total. The maximum atomic E-state index is 13.3. The summed E-state index contributed by atoms with van der Waals surface area (Å²) < 4.78 is 31.7. The molecule has 1 aromatic heterocycles. The molecule has 0 unspecified atom stereocenters. The lowest BCUT2D eigenvalue weighted by Gasteiger charge is -2.27. The van der Waals surface area contributed by atoms with Crippen molar-refractivity contribution in [2.45, 2.75) is 26.5 Å². The van der Waals surface area contributed by atoms with Crippen LogP contribution in [0, 0.1) is 5.82 Å². The number of aromatic nitrogens is 2. The van der Waals surface area contributed by atoms with Crippen molar-refractivity contribution in [2.75, 3.05) is 20.8 Å². The average Bonchev–Trinajstić information content (AvgIpc) is 3.26. The van der Waals surface area contributed by atoms with E-state index >= 15 is 0 Å². The number of methoxy groups -OCH3 is 2. The molecule has 1 amide bonds. The monoisotopic (exact) mass is 479 g/mol. The van der Waals surface area contributed by atoms with E-state index < -0.39 is 6.10 Å². The van der Waals surface area contributed by atoms with Crippen LogP contribution < -0.4 is 14.8 Å². The number of rotatable bonds is 9. The van der Waals surface area contributed by atoms with E-state index in [9.17, 15) is 9.18 Å². The van der Waals surface area contributed by atoms with Crippen molar-refractivity contribution in [3.63, 3.8) is 0 Å². The molecule has 35 heavy (non-hydrogen) atoms. The van der Waals surface area contributed by atoms with Crippen LogP contribution in [0.3, 0.4) is 0 Å². The maximum absolute atomic E-state index is 13.3. The number of hydrogen-bond acceptors (Lipinski definition) is 5. The van der Waals surface area contributed by atoms with E-state index in [4.69, 9.17) is 14.2 Å². The number of hydrogen-bond donors (Lipinski definition) is 1. The molecule has 8 heteroatoms. The Morgan fingerprint density at radius 2 is 1.83 bits per heavy atom. The van der Waals surface area contributed by atoms with E-state index in [-0.39, 0.29) is 31.8 Å². The van der Waals surface area contributed by atoms with Crippen molar-refractivity contribution in [3.8, 4) is 17.2 Å². The van der Waals surface area contributed by atoms with Crippen LogP contribution in [0.15, 0.2) is 72.9 Å². The second-order valence-electron chi connectivity index (χ2n) is 7.86. The molecule has 0 saturated carbocycles. The van der Waals surface area contributed by atoms with Crippen LogP contribution in [-0.2, 0) is 9.53 Å². The van der Waals surface area contributed by atoms with Gasteiger partial charge in [0.15, 0.2) is 0 Å². The molecule has 1 N–H and O–H groups in total. The third-order valence-electron chi connectivity index (χ3n) is 5.41. The zero-order valence-electron chi connectivity index (χ0n) is 19.2. The molecule has 0 fully saturated rings. The van der Waals surface area contributed by atoms with Crippen LogP contribution in [-0.4, -0.2) is 42.6 Å². The highest BCUT2D eigenvalue weighted by Gasteiger charge is 2.24. The summed E-state index contributed by atoms with van der Waals surface area (Å²) >= 11 is 0. The van der Waals surface area contributed by atoms with Crippen molar-refractivity contribution < 1.29 is 23.4 Å². The summed E-state index contributed by atoms with van der Waals surface area (Å²) in [6, 6.07) is 19.0. The topological polar surface area (TPSA) is 74.6 Å². The molecule has 0 radical (unpaired) electrons. The number of fused-ring (bicyclic) bond motifs is 1. The molecule has 2 atom stereocenters. The van der Waals surface area contributed by atoms with Crippen LogP contribution in [0.4, 0.5) is 4.39 Å². The molecule has 0 saturated heterocycles. The van der Waals surface area contributed by atoms with Crippen LogP contribution in [0.5, 0.6) is 11.5 Å². The molecule has 1 heterocycles. The molecule has 4 aromatic rings. The predicted octanol–water partition coefficient (Wildman–Crippen LogP) is 5.08. The minimum Gasteiger partial charge on any atom is -0.497 e. The standard InChI is InChI=1S/C26H26FN3O4.CH4/c1-17(29-25(31)16-32-2)26(18-5-4-6-22(13-18)33-3)34-23-11-12-24-19(14-23)15-28-30(24)21-9-7-20(27)8-10-21;/h4-15,17,26H,16H2,1-3H3,(H,29,31);1H4/t17-,26-;/m0./s1. The molecule has 0 aliphatic carbocycles. The normalized spacial score (nSPS) is 12.5. The average molecular weight is 480 g/mol. The van der Waals surface area contributed by atoms with Gasteiger partial charge in [-0.25, -0.2) is 9.07 Å². The number of amides is 1. The first-order chi connectivity index (χ1) is 16.5. The van der Waals surface area contributed by atoms with Crippen LogP contribution in [0.25, 0.3) is 16.6 Å². The summed E-state index contributed by atoms with van der Waals surface area (Å²) in [5.41, 5.74) is 2.47. The smallest absolute Gasteiger partial charge is 0.246 e. The summed E-state index contributed by atoms with van der Waals surface area (Å²) in [4.78, 5) is 12.1. The second-order valence-corrected chi connectivity index (χ2v) is 7.86. The van der Waals surface area contributed by atoms with Crippen molar-refractivity contribution >= 4 is 16.8 Å². The fourth-order valence-corrected chi connectivity index (χ4v) is 3.80. The van der Waals surface area contributed by atoms with E-state index in [2.05, 4.69) is 10.4 Å². The maximum Gasteiger partial charge on any atom is 0.246 e. The van der Waals surface area contributed by atoms with Crippen molar-refractivity contribution in [2.24, 2.45) is 0 Å². The SMILES string of the molecule is C.COCC(=O)N[C@@H](C)[C@H](Oc1ccc2c(cnn2-c2ccc(F)cc2)c1)c1cccc(OC)c1. The summed E-state index contributed by atoms with van der Waals surface area (Å²) in [7, 11) is 3.08. The molecular formula is C27H30FN3O4. The highest BCUT2D eigenvalue weighted by Crippen LogP contribution is 2.30. The zero-order chi connectivity index (χ0) is 24.1. The fourth-order valence-electron chi connectivity index (χ4n) is 3.80.